The second kappa shape index (κ2) is 10.1. The van der Waals surface area contributed by atoms with Crippen molar-refractivity contribution < 1.29 is 29.3 Å². The van der Waals surface area contributed by atoms with Crippen LogP contribution < -0.4 is 11.1 Å². The molecule has 0 amide bonds. The molecule has 21 heavy (non-hydrogen) atoms. The van der Waals surface area contributed by atoms with Crippen LogP contribution in [0.1, 0.15) is 39.5 Å². The quantitative estimate of drug-likeness (QED) is 0.458. The lowest BCUT2D eigenvalue weighted by atomic mass is 10.2. The van der Waals surface area contributed by atoms with E-state index in [1.807, 2.05) is 13.8 Å². The third-order valence-electron chi connectivity index (χ3n) is 2.58. The van der Waals surface area contributed by atoms with E-state index in [9.17, 15) is 14.4 Å². The molecule has 2 atom stereocenters. The molecule has 0 aromatic rings. The van der Waals surface area contributed by atoms with Crippen molar-refractivity contribution in [1.29, 1.82) is 0 Å². The van der Waals surface area contributed by atoms with E-state index in [4.69, 9.17) is 20.7 Å². The smallest absolute Gasteiger partial charge is 0.322 e. The highest BCUT2D eigenvalue weighted by Gasteiger charge is 2.26. The Morgan fingerprint density at radius 1 is 1.33 bits per heavy atom. The topological polar surface area (TPSA) is 139 Å². The molecule has 0 spiro atoms. The van der Waals surface area contributed by atoms with E-state index in [1.165, 1.54) is 12.8 Å². The van der Waals surface area contributed by atoms with Crippen molar-refractivity contribution in [1.82, 2.24) is 5.32 Å². The molecule has 0 aliphatic heterocycles. The number of nitrogens with one attached hydrogen (secondary N) is 1. The minimum absolute atomic E-state index is 0.122. The van der Waals surface area contributed by atoms with E-state index in [0.717, 1.165) is 6.42 Å². The first kappa shape index (κ1) is 19.3. The first-order valence-corrected chi connectivity index (χ1v) is 6.90. The molecular formula is C13H24N2O6. The summed E-state index contributed by atoms with van der Waals surface area (Å²) in [6.07, 6.45) is 2.76. The zero-order chi connectivity index (χ0) is 16.4. The van der Waals surface area contributed by atoms with Crippen LogP contribution in [0.4, 0.5) is 0 Å². The minimum Gasteiger partial charge on any atom is -0.481 e. The molecule has 8 nitrogen and oxygen atoms in total. The number of nitrogens with two attached hydrogens (primary N) is 1. The molecule has 0 radical (unpaired) electrons. The van der Waals surface area contributed by atoms with Crippen LogP contribution in [0.2, 0.25) is 0 Å². The first-order chi connectivity index (χ1) is 9.77. The molecule has 5 N–H and O–H groups in total. The lowest BCUT2D eigenvalue weighted by Gasteiger charge is -2.11. The summed E-state index contributed by atoms with van der Waals surface area (Å²) in [4.78, 5) is 30.8. The summed E-state index contributed by atoms with van der Waals surface area (Å²) in [5.41, 5.74) is 4.84. The minimum atomic E-state index is -1.29. The van der Waals surface area contributed by atoms with Gasteiger partial charge in [0.25, 0.3) is 0 Å². The summed E-state index contributed by atoms with van der Waals surface area (Å²) < 4.78 is 4.98. The van der Waals surface area contributed by atoms with Gasteiger partial charge in [0.15, 0.2) is 0 Å². The first-order valence-electron chi connectivity index (χ1n) is 6.90. The van der Waals surface area contributed by atoms with Gasteiger partial charge in [-0.2, -0.15) is 0 Å². The van der Waals surface area contributed by atoms with Crippen molar-refractivity contribution >= 4 is 17.9 Å². The SMILES string of the molecule is CCCOC(=O)[C@H](C)NC1CC1.N[C@@H](CC(=O)O)C(=O)O. The van der Waals surface area contributed by atoms with Crippen LogP contribution >= 0.6 is 0 Å². The molecular weight excluding hydrogens is 280 g/mol. The fourth-order valence-electron chi connectivity index (χ4n) is 1.27. The zero-order valence-corrected chi connectivity index (χ0v) is 12.4. The van der Waals surface area contributed by atoms with Gasteiger partial charge in [-0.15, -0.1) is 0 Å². The maximum Gasteiger partial charge on any atom is 0.322 e. The molecule has 1 fully saturated rings. The van der Waals surface area contributed by atoms with Crippen LogP contribution in [-0.2, 0) is 19.1 Å². The molecule has 1 aliphatic rings. The summed E-state index contributed by atoms with van der Waals surface area (Å²) in [6, 6.07) is -0.860. The predicted molar refractivity (Wildman–Crippen MR) is 74.7 cm³/mol. The fraction of sp³-hybridized carbons (Fsp3) is 0.769. The van der Waals surface area contributed by atoms with Crippen molar-refractivity contribution in [3.63, 3.8) is 0 Å². The lowest BCUT2D eigenvalue weighted by molar-refractivity contribution is -0.145. The average Bonchev–Trinajstić information content (AvgIpc) is 3.19. The monoisotopic (exact) mass is 304 g/mol. The molecule has 8 heteroatoms. The van der Waals surface area contributed by atoms with Gasteiger partial charge in [0.1, 0.15) is 12.1 Å². The van der Waals surface area contributed by atoms with Crippen LogP contribution in [0.25, 0.3) is 0 Å². The Morgan fingerprint density at radius 3 is 2.24 bits per heavy atom. The predicted octanol–water partition coefficient (Wildman–Crippen LogP) is -0.0469. The van der Waals surface area contributed by atoms with E-state index in [1.54, 1.807) is 0 Å². The molecule has 0 aromatic heterocycles. The summed E-state index contributed by atoms with van der Waals surface area (Å²) in [6.45, 7) is 4.39. The highest BCUT2D eigenvalue weighted by Crippen LogP contribution is 2.19. The summed E-state index contributed by atoms with van der Waals surface area (Å²) in [7, 11) is 0. The van der Waals surface area contributed by atoms with Crippen LogP contribution in [0.3, 0.4) is 0 Å². The van der Waals surface area contributed by atoms with E-state index in [0.29, 0.717) is 12.6 Å². The van der Waals surface area contributed by atoms with Crippen LogP contribution in [-0.4, -0.2) is 52.9 Å². The molecule has 122 valence electrons. The van der Waals surface area contributed by atoms with Gasteiger partial charge in [-0.25, -0.2) is 0 Å². The standard InChI is InChI=1S/C9H17NO2.C4H7NO4/c1-3-6-12-9(11)7(2)10-8-4-5-8;5-2(4(8)9)1-3(6)7/h7-8,10H,3-6H2,1-2H3;2H,1,5H2,(H,6,7)(H,8,9)/t7-;2-/m00/s1. The Bertz CT molecular complexity index is 357. The number of esters is 1. The maximum absolute atomic E-state index is 11.2. The molecule has 0 saturated heterocycles. The lowest BCUT2D eigenvalue weighted by Crippen LogP contribution is -2.36. The number of carboxylic acids is 2. The van der Waals surface area contributed by atoms with Gasteiger partial charge in [-0.1, -0.05) is 6.92 Å². The maximum atomic E-state index is 11.2. The normalized spacial score (nSPS) is 16.1. The van der Waals surface area contributed by atoms with Crippen molar-refractivity contribution in [2.75, 3.05) is 6.61 Å². The zero-order valence-electron chi connectivity index (χ0n) is 12.4. The summed E-state index contributed by atoms with van der Waals surface area (Å²) in [5.74, 6) is -2.62. The Balaban J connectivity index is 0.000000400. The third-order valence-corrected chi connectivity index (χ3v) is 2.58. The Morgan fingerprint density at radius 2 is 1.90 bits per heavy atom. The Hall–Kier alpha value is -1.67. The number of hydrogen-bond acceptors (Lipinski definition) is 6. The number of carbonyl (C=O) groups excluding carboxylic acids is 1. The fourth-order valence-corrected chi connectivity index (χ4v) is 1.27. The Kier molecular flexibility index (Phi) is 9.31. The summed E-state index contributed by atoms with van der Waals surface area (Å²) >= 11 is 0. The molecule has 1 aliphatic carbocycles. The van der Waals surface area contributed by atoms with Crippen molar-refractivity contribution in [2.45, 2.75) is 57.7 Å². The van der Waals surface area contributed by atoms with Crippen LogP contribution in [0.15, 0.2) is 0 Å². The van der Waals surface area contributed by atoms with Crippen LogP contribution in [0.5, 0.6) is 0 Å². The molecule has 0 bridgehead atoms. The second-order valence-corrected chi connectivity index (χ2v) is 4.87. The van der Waals surface area contributed by atoms with E-state index in [2.05, 4.69) is 5.32 Å². The van der Waals surface area contributed by atoms with Crippen LogP contribution in [0, 0.1) is 0 Å². The molecule has 0 aromatic carbocycles. The molecule has 1 rings (SSSR count). The number of rotatable bonds is 8. The average molecular weight is 304 g/mol. The number of ether oxygens (including phenoxy) is 1. The Labute approximate surface area is 123 Å². The van der Waals surface area contributed by atoms with E-state index >= 15 is 0 Å². The van der Waals surface area contributed by atoms with Gasteiger partial charge in [0.2, 0.25) is 0 Å². The molecule has 1 saturated carbocycles. The number of aliphatic carboxylic acids is 2. The highest BCUT2D eigenvalue weighted by atomic mass is 16.5. The third kappa shape index (κ3) is 10.7. The molecule has 0 unspecified atom stereocenters. The summed E-state index contributed by atoms with van der Waals surface area (Å²) in [5, 5.41) is 19.2. The van der Waals surface area contributed by atoms with Crippen molar-refractivity contribution in [2.24, 2.45) is 5.73 Å². The number of hydrogen-bond donors (Lipinski definition) is 4. The van der Waals surface area contributed by atoms with Crippen molar-refractivity contribution in [3.8, 4) is 0 Å². The largest absolute Gasteiger partial charge is 0.481 e. The van der Waals surface area contributed by atoms with Gasteiger partial charge >= 0.3 is 17.9 Å². The van der Waals surface area contributed by atoms with Gasteiger partial charge in [0, 0.05) is 6.04 Å². The molecule has 0 heterocycles. The van der Waals surface area contributed by atoms with E-state index < -0.39 is 24.4 Å². The van der Waals surface area contributed by atoms with E-state index in [-0.39, 0.29) is 12.0 Å². The van der Waals surface area contributed by atoms with Gasteiger partial charge < -0.3 is 26.0 Å². The van der Waals surface area contributed by atoms with Gasteiger partial charge in [-0.05, 0) is 26.2 Å². The highest BCUT2D eigenvalue weighted by molar-refractivity contribution is 5.80. The van der Waals surface area contributed by atoms with Gasteiger partial charge in [0.05, 0.1) is 13.0 Å². The second-order valence-electron chi connectivity index (χ2n) is 4.87. The van der Waals surface area contributed by atoms with Crippen molar-refractivity contribution in [3.05, 3.63) is 0 Å². The number of carbonyl (C=O) groups is 3. The van der Waals surface area contributed by atoms with Gasteiger partial charge in [-0.3, -0.25) is 14.4 Å². The number of carboxylic acid groups (broad SMARTS) is 2.